The number of benzene rings is 1. The molecule has 3 heterocycles. The minimum Gasteiger partial charge on any atom is -0.492 e. The summed E-state index contributed by atoms with van der Waals surface area (Å²) in [6, 6.07) is 9.23. The summed E-state index contributed by atoms with van der Waals surface area (Å²) in [6.07, 6.45) is 4.37. The number of anilines is 1. The van der Waals surface area contributed by atoms with Gasteiger partial charge in [0, 0.05) is 18.3 Å². The minimum absolute atomic E-state index is 0.259. The van der Waals surface area contributed by atoms with Crippen molar-refractivity contribution >= 4 is 17.2 Å². The fraction of sp³-hybridized carbons (Fsp3) is 0.381. The Morgan fingerprint density at radius 1 is 1.21 bits per heavy atom. The second-order valence-electron chi connectivity index (χ2n) is 7.24. The highest BCUT2D eigenvalue weighted by Gasteiger charge is 2.13. The number of amides is 1. The summed E-state index contributed by atoms with van der Waals surface area (Å²) in [7, 11) is 0. The lowest BCUT2D eigenvalue weighted by Gasteiger charge is -2.15. The molecule has 1 aliphatic rings. The van der Waals surface area contributed by atoms with E-state index in [4.69, 9.17) is 4.74 Å². The average Bonchev–Trinajstić information content (AvgIpc) is 3.31. The molecule has 1 aliphatic heterocycles. The van der Waals surface area contributed by atoms with Crippen LogP contribution in [0.3, 0.4) is 0 Å². The standard InChI is InChI=1S/C21H25N5O2/c1-15-12-19(24-26-14-16(2)22-20(15)26)21(27)23-17-6-5-7-18(13-17)28-11-10-25-8-3-4-9-25/h5-7,12-14H,3-4,8-11H2,1-2H3,(H,23,27). The summed E-state index contributed by atoms with van der Waals surface area (Å²) >= 11 is 0. The van der Waals surface area contributed by atoms with Gasteiger partial charge >= 0.3 is 0 Å². The number of aromatic nitrogens is 3. The minimum atomic E-state index is -0.259. The number of likely N-dealkylation sites (tertiary alicyclic amines) is 1. The maximum Gasteiger partial charge on any atom is 0.276 e. The van der Waals surface area contributed by atoms with E-state index < -0.39 is 0 Å². The smallest absolute Gasteiger partial charge is 0.276 e. The molecule has 0 atom stereocenters. The number of carbonyl (C=O) groups is 1. The van der Waals surface area contributed by atoms with E-state index in [9.17, 15) is 4.79 Å². The lowest BCUT2D eigenvalue weighted by atomic mass is 10.2. The highest BCUT2D eigenvalue weighted by Crippen LogP contribution is 2.19. The SMILES string of the molecule is Cc1cn2nc(C(=O)Nc3cccc(OCCN4CCCC4)c3)cc(C)c2n1. The first kappa shape index (κ1) is 18.4. The summed E-state index contributed by atoms with van der Waals surface area (Å²) in [5.74, 6) is 0.493. The zero-order valence-corrected chi connectivity index (χ0v) is 16.3. The van der Waals surface area contributed by atoms with Crippen molar-refractivity contribution in [2.45, 2.75) is 26.7 Å². The van der Waals surface area contributed by atoms with Gasteiger partial charge in [-0.1, -0.05) is 6.07 Å². The third kappa shape index (κ3) is 4.14. The number of aryl methyl sites for hydroxylation is 2. The number of fused-ring (bicyclic) bond motifs is 1. The Bertz CT molecular complexity index is 992. The molecule has 1 aromatic carbocycles. The number of ether oxygens (including phenoxy) is 1. The van der Waals surface area contributed by atoms with Crippen molar-refractivity contribution in [1.82, 2.24) is 19.5 Å². The molecule has 1 saturated heterocycles. The van der Waals surface area contributed by atoms with E-state index in [1.807, 2.05) is 44.3 Å². The van der Waals surface area contributed by atoms with Gasteiger partial charge in [-0.15, -0.1) is 0 Å². The summed E-state index contributed by atoms with van der Waals surface area (Å²) in [6.45, 7) is 7.73. The van der Waals surface area contributed by atoms with Gasteiger partial charge in [0.1, 0.15) is 18.1 Å². The molecule has 7 nitrogen and oxygen atoms in total. The Morgan fingerprint density at radius 2 is 2.04 bits per heavy atom. The van der Waals surface area contributed by atoms with Crippen LogP contribution in [0, 0.1) is 13.8 Å². The third-order valence-corrected chi connectivity index (χ3v) is 4.93. The first-order chi connectivity index (χ1) is 13.6. The van der Waals surface area contributed by atoms with E-state index in [2.05, 4.69) is 20.3 Å². The maximum absolute atomic E-state index is 12.7. The quantitative estimate of drug-likeness (QED) is 0.713. The van der Waals surface area contributed by atoms with E-state index >= 15 is 0 Å². The van der Waals surface area contributed by atoms with Crippen LogP contribution in [-0.2, 0) is 0 Å². The molecule has 1 amide bonds. The topological polar surface area (TPSA) is 71.8 Å². The van der Waals surface area contributed by atoms with E-state index in [1.165, 1.54) is 12.8 Å². The monoisotopic (exact) mass is 379 g/mol. The van der Waals surface area contributed by atoms with Crippen LogP contribution in [0.25, 0.3) is 5.65 Å². The molecular formula is C21H25N5O2. The van der Waals surface area contributed by atoms with Gasteiger partial charge in [-0.2, -0.15) is 5.10 Å². The molecule has 1 fully saturated rings. The van der Waals surface area contributed by atoms with Crippen LogP contribution in [0.1, 0.15) is 34.6 Å². The van der Waals surface area contributed by atoms with Crippen molar-refractivity contribution in [3.05, 3.63) is 53.5 Å². The number of carbonyl (C=O) groups excluding carboxylic acids is 1. The third-order valence-electron chi connectivity index (χ3n) is 4.93. The highest BCUT2D eigenvalue weighted by atomic mass is 16.5. The van der Waals surface area contributed by atoms with Crippen molar-refractivity contribution in [2.24, 2.45) is 0 Å². The van der Waals surface area contributed by atoms with Crippen molar-refractivity contribution in [1.29, 1.82) is 0 Å². The first-order valence-electron chi connectivity index (χ1n) is 9.69. The Morgan fingerprint density at radius 3 is 2.86 bits per heavy atom. The maximum atomic E-state index is 12.7. The molecular weight excluding hydrogens is 354 g/mol. The lowest BCUT2D eigenvalue weighted by Crippen LogP contribution is -2.25. The molecule has 0 radical (unpaired) electrons. The normalized spacial score (nSPS) is 14.5. The predicted molar refractivity (Wildman–Crippen MR) is 108 cm³/mol. The van der Waals surface area contributed by atoms with Crippen LogP contribution in [0.4, 0.5) is 5.69 Å². The predicted octanol–water partition coefficient (Wildman–Crippen LogP) is 3.07. The molecule has 3 aromatic rings. The molecule has 0 spiro atoms. The molecule has 0 saturated carbocycles. The number of nitrogens with zero attached hydrogens (tertiary/aromatic N) is 4. The van der Waals surface area contributed by atoms with Gasteiger partial charge in [0.05, 0.1) is 11.9 Å². The van der Waals surface area contributed by atoms with E-state index in [0.29, 0.717) is 18.0 Å². The molecule has 0 unspecified atom stereocenters. The van der Waals surface area contributed by atoms with Crippen molar-refractivity contribution in [3.8, 4) is 5.75 Å². The molecule has 0 aliphatic carbocycles. The fourth-order valence-corrected chi connectivity index (χ4v) is 3.51. The largest absolute Gasteiger partial charge is 0.492 e. The van der Waals surface area contributed by atoms with E-state index in [-0.39, 0.29) is 5.91 Å². The number of hydrogen-bond donors (Lipinski definition) is 1. The average molecular weight is 379 g/mol. The van der Waals surface area contributed by atoms with E-state index in [1.54, 1.807) is 10.6 Å². The van der Waals surface area contributed by atoms with Gasteiger partial charge in [-0.25, -0.2) is 9.50 Å². The zero-order chi connectivity index (χ0) is 19.5. The highest BCUT2D eigenvalue weighted by molar-refractivity contribution is 6.03. The van der Waals surface area contributed by atoms with Crippen molar-refractivity contribution in [3.63, 3.8) is 0 Å². The van der Waals surface area contributed by atoms with Crippen LogP contribution in [-0.4, -0.2) is 51.6 Å². The lowest BCUT2D eigenvalue weighted by molar-refractivity contribution is 0.102. The molecule has 4 rings (SSSR count). The fourth-order valence-electron chi connectivity index (χ4n) is 3.51. The molecule has 1 N–H and O–H groups in total. The Kier molecular flexibility index (Phi) is 5.25. The van der Waals surface area contributed by atoms with Gasteiger partial charge in [-0.05, 0) is 63.5 Å². The second kappa shape index (κ2) is 7.98. The molecule has 7 heteroatoms. The number of rotatable bonds is 6. The van der Waals surface area contributed by atoms with Crippen molar-refractivity contribution < 1.29 is 9.53 Å². The van der Waals surface area contributed by atoms with E-state index in [0.717, 1.165) is 42.3 Å². The van der Waals surface area contributed by atoms with Gasteiger partial charge in [0.25, 0.3) is 5.91 Å². The summed E-state index contributed by atoms with van der Waals surface area (Å²) < 4.78 is 7.50. The Labute approximate surface area is 164 Å². The van der Waals surface area contributed by atoms with Crippen LogP contribution < -0.4 is 10.1 Å². The molecule has 0 bridgehead atoms. The summed E-state index contributed by atoms with van der Waals surface area (Å²) in [4.78, 5) is 19.5. The Balaban J connectivity index is 1.41. The summed E-state index contributed by atoms with van der Waals surface area (Å²) in [5.41, 5.74) is 3.58. The van der Waals surface area contributed by atoms with Crippen LogP contribution >= 0.6 is 0 Å². The molecule has 2 aromatic heterocycles. The first-order valence-corrected chi connectivity index (χ1v) is 9.69. The second-order valence-corrected chi connectivity index (χ2v) is 7.24. The zero-order valence-electron chi connectivity index (χ0n) is 16.3. The van der Waals surface area contributed by atoms with Gasteiger partial charge in [-0.3, -0.25) is 9.69 Å². The molecule has 146 valence electrons. The van der Waals surface area contributed by atoms with Crippen molar-refractivity contribution in [2.75, 3.05) is 31.6 Å². The number of hydrogen-bond acceptors (Lipinski definition) is 5. The summed E-state index contributed by atoms with van der Waals surface area (Å²) in [5, 5.41) is 7.28. The van der Waals surface area contributed by atoms with Crippen LogP contribution in [0.5, 0.6) is 5.75 Å². The van der Waals surface area contributed by atoms with Gasteiger partial charge in [0.15, 0.2) is 5.65 Å². The van der Waals surface area contributed by atoms with Gasteiger partial charge in [0.2, 0.25) is 0 Å². The molecule has 28 heavy (non-hydrogen) atoms. The Hall–Kier alpha value is -2.93. The number of imidazole rings is 1. The van der Waals surface area contributed by atoms with Gasteiger partial charge < -0.3 is 10.1 Å². The number of nitrogens with one attached hydrogen (secondary N) is 1. The van der Waals surface area contributed by atoms with Crippen LogP contribution in [0.2, 0.25) is 0 Å². The van der Waals surface area contributed by atoms with Crippen LogP contribution in [0.15, 0.2) is 36.5 Å².